The lowest BCUT2D eigenvalue weighted by atomic mass is 10.0. The highest BCUT2D eigenvalue weighted by Crippen LogP contribution is 2.27. The highest BCUT2D eigenvalue weighted by Gasteiger charge is 2.20. The second-order valence-corrected chi connectivity index (χ2v) is 7.16. The first kappa shape index (κ1) is 21.1. The smallest absolute Gasteiger partial charge is 0.342 e. The summed E-state index contributed by atoms with van der Waals surface area (Å²) < 4.78 is 16.4. The fourth-order valence-corrected chi connectivity index (χ4v) is 3.42. The number of benzene rings is 3. The van der Waals surface area contributed by atoms with E-state index in [0.717, 1.165) is 5.56 Å². The van der Waals surface area contributed by atoms with E-state index >= 15 is 0 Å². The predicted octanol–water partition coefficient (Wildman–Crippen LogP) is 4.82. The topological polar surface area (TPSA) is 82.8 Å². The Bertz CT molecular complexity index is 1370. The number of carbonyl (C=O) groups excluding carboxylic acids is 2. The molecular weight excluding hydrogens is 408 g/mol. The molecule has 0 spiro atoms. The van der Waals surface area contributed by atoms with Crippen molar-refractivity contribution < 1.29 is 23.5 Å². The molecule has 0 saturated heterocycles. The summed E-state index contributed by atoms with van der Waals surface area (Å²) in [4.78, 5) is 38.2. The normalized spacial score (nSPS) is 10.7. The molecule has 6 nitrogen and oxygen atoms in total. The lowest BCUT2D eigenvalue weighted by molar-refractivity contribution is 0.0475. The van der Waals surface area contributed by atoms with Crippen molar-refractivity contribution in [3.05, 3.63) is 99.7 Å². The Morgan fingerprint density at radius 1 is 0.938 bits per heavy atom. The van der Waals surface area contributed by atoms with Crippen molar-refractivity contribution in [3.8, 4) is 17.1 Å². The molecule has 6 heteroatoms. The minimum absolute atomic E-state index is 0.0789. The van der Waals surface area contributed by atoms with Crippen LogP contribution >= 0.6 is 0 Å². The number of para-hydroxylation sites is 1. The summed E-state index contributed by atoms with van der Waals surface area (Å²) in [5.74, 6) is -0.213. The van der Waals surface area contributed by atoms with Crippen LogP contribution < -0.4 is 10.2 Å². The van der Waals surface area contributed by atoms with Gasteiger partial charge in [-0.15, -0.1) is 0 Å². The van der Waals surface area contributed by atoms with Crippen molar-refractivity contribution in [1.29, 1.82) is 0 Å². The molecule has 0 aliphatic rings. The van der Waals surface area contributed by atoms with E-state index in [0.29, 0.717) is 22.6 Å². The van der Waals surface area contributed by atoms with Crippen LogP contribution in [0.4, 0.5) is 0 Å². The SMILES string of the molecule is COc1cccc(C(=O)COC(=O)c2cccc3c(=O)c(C)c(-c4ccccc4)oc23)c1. The molecule has 0 amide bonds. The number of hydrogen-bond acceptors (Lipinski definition) is 6. The third-order valence-electron chi connectivity index (χ3n) is 5.13. The quantitative estimate of drug-likeness (QED) is 0.324. The average Bonchev–Trinajstić information content (AvgIpc) is 2.84. The van der Waals surface area contributed by atoms with Gasteiger partial charge in [-0.2, -0.15) is 0 Å². The average molecular weight is 428 g/mol. The Kier molecular flexibility index (Phi) is 5.85. The fourth-order valence-electron chi connectivity index (χ4n) is 3.42. The van der Waals surface area contributed by atoms with E-state index in [4.69, 9.17) is 13.9 Å². The summed E-state index contributed by atoms with van der Waals surface area (Å²) in [5, 5.41) is 0.274. The lowest BCUT2D eigenvalue weighted by Crippen LogP contribution is -2.16. The largest absolute Gasteiger partial charge is 0.497 e. The number of methoxy groups -OCH3 is 1. The van der Waals surface area contributed by atoms with Gasteiger partial charge in [-0.25, -0.2) is 4.79 Å². The molecule has 4 aromatic rings. The van der Waals surface area contributed by atoms with Gasteiger partial charge < -0.3 is 13.9 Å². The summed E-state index contributed by atoms with van der Waals surface area (Å²) >= 11 is 0. The Morgan fingerprint density at radius 2 is 1.69 bits per heavy atom. The maximum Gasteiger partial charge on any atom is 0.342 e. The Labute approximate surface area is 184 Å². The van der Waals surface area contributed by atoms with Crippen molar-refractivity contribution >= 4 is 22.7 Å². The number of ketones is 1. The molecule has 1 aromatic heterocycles. The van der Waals surface area contributed by atoms with E-state index in [1.165, 1.54) is 13.2 Å². The van der Waals surface area contributed by atoms with Gasteiger partial charge in [-0.1, -0.05) is 48.5 Å². The van der Waals surface area contributed by atoms with E-state index in [2.05, 4.69) is 0 Å². The van der Waals surface area contributed by atoms with Crippen molar-refractivity contribution in [2.24, 2.45) is 0 Å². The molecule has 3 aromatic carbocycles. The zero-order valence-electron chi connectivity index (χ0n) is 17.6. The van der Waals surface area contributed by atoms with E-state index < -0.39 is 12.6 Å². The number of esters is 1. The summed E-state index contributed by atoms with van der Waals surface area (Å²) in [6, 6.07) is 20.5. The Morgan fingerprint density at radius 3 is 2.44 bits per heavy atom. The van der Waals surface area contributed by atoms with Crippen molar-refractivity contribution in [1.82, 2.24) is 0 Å². The molecule has 160 valence electrons. The predicted molar refractivity (Wildman–Crippen MR) is 120 cm³/mol. The van der Waals surface area contributed by atoms with E-state index in [-0.39, 0.29) is 27.7 Å². The van der Waals surface area contributed by atoms with Crippen LogP contribution in [-0.2, 0) is 4.74 Å². The first-order chi connectivity index (χ1) is 15.5. The van der Waals surface area contributed by atoms with Crippen LogP contribution in [-0.4, -0.2) is 25.5 Å². The standard InChI is InChI=1S/C26H20O6/c1-16-23(28)20-12-7-13-21(25(20)32-24(16)17-8-4-3-5-9-17)26(29)31-15-22(27)18-10-6-11-19(14-18)30-2/h3-14H,15H2,1-2H3. The van der Waals surface area contributed by atoms with Gasteiger partial charge in [0, 0.05) is 16.7 Å². The Balaban J connectivity index is 1.66. The highest BCUT2D eigenvalue weighted by molar-refractivity contribution is 6.04. The maximum atomic E-state index is 12.9. The fraction of sp³-hybridized carbons (Fsp3) is 0.115. The van der Waals surface area contributed by atoms with Crippen LogP contribution in [0.25, 0.3) is 22.3 Å². The van der Waals surface area contributed by atoms with E-state index in [9.17, 15) is 14.4 Å². The van der Waals surface area contributed by atoms with Gasteiger partial charge in [-0.3, -0.25) is 9.59 Å². The number of ether oxygens (including phenoxy) is 2. The van der Waals surface area contributed by atoms with Crippen molar-refractivity contribution in [2.75, 3.05) is 13.7 Å². The lowest BCUT2D eigenvalue weighted by Gasteiger charge is -2.10. The molecule has 32 heavy (non-hydrogen) atoms. The second kappa shape index (κ2) is 8.89. The summed E-state index contributed by atoms with van der Waals surface area (Å²) in [6.45, 7) is 1.23. The molecule has 0 atom stereocenters. The molecule has 0 radical (unpaired) electrons. The van der Waals surface area contributed by atoms with Crippen LogP contribution in [0.1, 0.15) is 26.3 Å². The molecule has 1 heterocycles. The first-order valence-corrected chi connectivity index (χ1v) is 9.96. The zero-order chi connectivity index (χ0) is 22.7. The number of carbonyl (C=O) groups is 2. The molecule has 0 N–H and O–H groups in total. The van der Waals surface area contributed by atoms with Gasteiger partial charge in [0.1, 0.15) is 17.1 Å². The molecule has 0 aliphatic heterocycles. The van der Waals surface area contributed by atoms with Gasteiger partial charge in [0.2, 0.25) is 0 Å². The van der Waals surface area contributed by atoms with Gasteiger partial charge >= 0.3 is 5.97 Å². The van der Waals surface area contributed by atoms with Crippen LogP contribution in [0.2, 0.25) is 0 Å². The molecule has 0 aliphatic carbocycles. The minimum atomic E-state index is -0.752. The number of hydrogen-bond donors (Lipinski definition) is 0. The summed E-state index contributed by atoms with van der Waals surface area (Å²) in [6.07, 6.45) is 0. The Hall–Kier alpha value is -4.19. The molecular formula is C26H20O6. The summed E-state index contributed by atoms with van der Waals surface area (Å²) in [7, 11) is 1.50. The van der Waals surface area contributed by atoms with Crippen molar-refractivity contribution in [3.63, 3.8) is 0 Å². The monoisotopic (exact) mass is 428 g/mol. The van der Waals surface area contributed by atoms with Gasteiger partial charge in [0.25, 0.3) is 0 Å². The van der Waals surface area contributed by atoms with Gasteiger partial charge in [0.15, 0.2) is 23.4 Å². The maximum absolute atomic E-state index is 12.9. The number of Topliss-reactive ketones (excluding diaryl/α,β-unsaturated/α-hetero) is 1. The molecule has 0 bridgehead atoms. The molecule has 4 rings (SSSR count). The van der Waals surface area contributed by atoms with Crippen LogP contribution in [0.5, 0.6) is 5.75 Å². The van der Waals surface area contributed by atoms with Crippen LogP contribution in [0.15, 0.2) is 82.0 Å². The number of fused-ring (bicyclic) bond motifs is 1. The van der Waals surface area contributed by atoms with Crippen LogP contribution in [0, 0.1) is 6.92 Å². The third kappa shape index (κ3) is 4.03. The van der Waals surface area contributed by atoms with Crippen LogP contribution in [0.3, 0.4) is 0 Å². The zero-order valence-corrected chi connectivity index (χ0v) is 17.6. The van der Waals surface area contributed by atoms with Gasteiger partial charge in [0.05, 0.1) is 12.5 Å². The minimum Gasteiger partial charge on any atom is -0.497 e. The second-order valence-electron chi connectivity index (χ2n) is 7.16. The number of rotatable bonds is 6. The van der Waals surface area contributed by atoms with Gasteiger partial charge in [-0.05, 0) is 31.2 Å². The summed E-state index contributed by atoms with van der Waals surface area (Å²) in [5.41, 5.74) is 1.51. The molecule has 0 unspecified atom stereocenters. The van der Waals surface area contributed by atoms with E-state index in [1.807, 2.05) is 30.3 Å². The highest BCUT2D eigenvalue weighted by atomic mass is 16.5. The molecule has 0 saturated carbocycles. The first-order valence-electron chi connectivity index (χ1n) is 9.96. The van der Waals surface area contributed by atoms with Crippen molar-refractivity contribution in [2.45, 2.75) is 6.92 Å². The third-order valence-corrected chi connectivity index (χ3v) is 5.13. The van der Waals surface area contributed by atoms with E-state index in [1.54, 1.807) is 43.3 Å². The molecule has 0 fully saturated rings.